The van der Waals surface area contributed by atoms with Gasteiger partial charge in [-0.05, 0) is 57.2 Å². The standard InChI is InChI=1S/C22H32N4O2/c1-17-15-19(18(2)26(17)20-6-7-20)5-8-21(27)25-13-11-23(12-14-25)16-22(28)24-9-3-4-10-24/h5,8,15,20H,3-4,6-7,9-14,16H2,1-2H3. The maximum absolute atomic E-state index is 12.6. The summed E-state index contributed by atoms with van der Waals surface area (Å²) in [5.74, 6) is 0.310. The van der Waals surface area contributed by atoms with Gasteiger partial charge in [0.2, 0.25) is 11.8 Å². The van der Waals surface area contributed by atoms with Gasteiger partial charge in [-0.2, -0.15) is 0 Å². The fourth-order valence-electron chi connectivity index (χ4n) is 4.52. The molecule has 6 nitrogen and oxygen atoms in total. The van der Waals surface area contributed by atoms with Crippen LogP contribution in [0.2, 0.25) is 0 Å². The molecule has 0 atom stereocenters. The number of aryl methyl sites for hydroxylation is 1. The molecule has 6 heteroatoms. The predicted octanol–water partition coefficient (Wildman–Crippen LogP) is 2.22. The minimum absolute atomic E-state index is 0.0711. The van der Waals surface area contributed by atoms with E-state index in [1.807, 2.05) is 15.9 Å². The summed E-state index contributed by atoms with van der Waals surface area (Å²) in [6, 6.07) is 2.84. The quantitative estimate of drug-likeness (QED) is 0.732. The van der Waals surface area contributed by atoms with E-state index in [1.165, 1.54) is 24.2 Å². The number of hydrogen-bond donors (Lipinski definition) is 0. The van der Waals surface area contributed by atoms with E-state index in [2.05, 4.69) is 29.4 Å². The lowest BCUT2D eigenvalue weighted by Gasteiger charge is -2.34. The first-order valence-electron chi connectivity index (χ1n) is 10.7. The van der Waals surface area contributed by atoms with Crippen LogP contribution < -0.4 is 0 Å². The van der Waals surface area contributed by atoms with Crippen molar-refractivity contribution in [2.45, 2.75) is 45.6 Å². The topological polar surface area (TPSA) is 48.8 Å². The first-order valence-corrected chi connectivity index (χ1v) is 10.7. The van der Waals surface area contributed by atoms with Crippen molar-refractivity contribution in [3.05, 3.63) is 29.1 Å². The van der Waals surface area contributed by atoms with Crippen LogP contribution in [0.4, 0.5) is 0 Å². The fourth-order valence-corrected chi connectivity index (χ4v) is 4.52. The molecule has 3 aliphatic rings. The highest BCUT2D eigenvalue weighted by Crippen LogP contribution is 2.38. The van der Waals surface area contributed by atoms with Crippen LogP contribution in [0.15, 0.2) is 12.1 Å². The fraction of sp³-hybridized carbons (Fsp3) is 0.636. The molecule has 1 aliphatic carbocycles. The maximum atomic E-state index is 12.6. The number of likely N-dealkylation sites (tertiary alicyclic amines) is 1. The number of amides is 2. The number of carbonyl (C=O) groups excluding carboxylic acids is 2. The number of hydrogen-bond acceptors (Lipinski definition) is 3. The van der Waals surface area contributed by atoms with Crippen molar-refractivity contribution in [3.63, 3.8) is 0 Å². The molecule has 2 amide bonds. The Morgan fingerprint density at radius 3 is 2.32 bits per heavy atom. The highest BCUT2D eigenvalue weighted by molar-refractivity contribution is 5.92. The molecule has 0 bridgehead atoms. The van der Waals surface area contributed by atoms with E-state index in [0.717, 1.165) is 44.6 Å². The monoisotopic (exact) mass is 384 g/mol. The van der Waals surface area contributed by atoms with Gasteiger partial charge in [0.25, 0.3) is 0 Å². The highest BCUT2D eigenvalue weighted by atomic mass is 16.2. The van der Waals surface area contributed by atoms with Crippen LogP contribution in [0, 0.1) is 13.8 Å². The number of carbonyl (C=O) groups is 2. The molecule has 3 fully saturated rings. The third-order valence-corrected chi connectivity index (χ3v) is 6.34. The average molecular weight is 385 g/mol. The van der Waals surface area contributed by atoms with Crippen molar-refractivity contribution in [3.8, 4) is 0 Å². The molecule has 0 unspecified atom stereocenters. The van der Waals surface area contributed by atoms with E-state index in [9.17, 15) is 9.59 Å². The van der Waals surface area contributed by atoms with Gasteiger partial charge in [0.15, 0.2) is 0 Å². The highest BCUT2D eigenvalue weighted by Gasteiger charge is 2.27. The van der Waals surface area contributed by atoms with E-state index in [1.54, 1.807) is 6.08 Å². The Kier molecular flexibility index (Phi) is 5.58. The summed E-state index contributed by atoms with van der Waals surface area (Å²) in [5, 5.41) is 0. The zero-order chi connectivity index (χ0) is 19.7. The summed E-state index contributed by atoms with van der Waals surface area (Å²) in [6.07, 6.45) is 8.47. The average Bonchev–Trinajstić information content (AvgIpc) is 3.26. The van der Waals surface area contributed by atoms with Gasteiger partial charge in [0, 0.05) is 62.8 Å². The largest absolute Gasteiger partial charge is 0.346 e. The predicted molar refractivity (Wildman–Crippen MR) is 110 cm³/mol. The Bertz CT molecular complexity index is 764. The molecule has 1 saturated carbocycles. The molecule has 0 N–H and O–H groups in total. The Morgan fingerprint density at radius 2 is 1.68 bits per heavy atom. The lowest BCUT2D eigenvalue weighted by molar-refractivity contribution is -0.132. The van der Waals surface area contributed by atoms with Crippen molar-refractivity contribution < 1.29 is 9.59 Å². The van der Waals surface area contributed by atoms with E-state index in [4.69, 9.17) is 0 Å². The molecule has 4 rings (SSSR count). The van der Waals surface area contributed by atoms with Crippen LogP contribution in [-0.4, -0.2) is 76.9 Å². The van der Waals surface area contributed by atoms with Crippen LogP contribution in [0.5, 0.6) is 0 Å². The third kappa shape index (κ3) is 4.17. The molecular weight excluding hydrogens is 352 g/mol. The lowest BCUT2D eigenvalue weighted by Crippen LogP contribution is -2.51. The Hall–Kier alpha value is -2.08. The normalized spacial score (nSPS) is 21.1. The second-order valence-corrected chi connectivity index (χ2v) is 8.45. The van der Waals surface area contributed by atoms with Crippen LogP contribution in [0.3, 0.4) is 0 Å². The maximum Gasteiger partial charge on any atom is 0.246 e. The van der Waals surface area contributed by atoms with E-state index in [0.29, 0.717) is 25.7 Å². The first-order chi connectivity index (χ1) is 13.5. The van der Waals surface area contributed by atoms with Gasteiger partial charge in [0.1, 0.15) is 0 Å². The number of rotatable bonds is 5. The van der Waals surface area contributed by atoms with Gasteiger partial charge in [-0.1, -0.05) is 0 Å². The van der Waals surface area contributed by atoms with Crippen molar-refractivity contribution in [2.24, 2.45) is 0 Å². The zero-order valence-electron chi connectivity index (χ0n) is 17.2. The SMILES string of the molecule is Cc1cc(C=CC(=O)N2CCN(CC(=O)N3CCCC3)CC2)c(C)n1C1CC1. The Balaban J connectivity index is 1.28. The van der Waals surface area contributed by atoms with E-state index < -0.39 is 0 Å². The summed E-state index contributed by atoms with van der Waals surface area (Å²) < 4.78 is 2.40. The third-order valence-electron chi connectivity index (χ3n) is 6.34. The molecule has 2 saturated heterocycles. The number of nitrogens with zero attached hydrogens (tertiary/aromatic N) is 4. The molecule has 1 aromatic heterocycles. The zero-order valence-corrected chi connectivity index (χ0v) is 17.2. The summed E-state index contributed by atoms with van der Waals surface area (Å²) in [4.78, 5) is 30.9. The van der Waals surface area contributed by atoms with Crippen molar-refractivity contribution in [2.75, 3.05) is 45.8 Å². The first kappa shape index (κ1) is 19.2. The molecule has 2 aliphatic heterocycles. The van der Waals surface area contributed by atoms with Gasteiger partial charge < -0.3 is 14.4 Å². The molecular formula is C22H32N4O2. The number of aromatic nitrogens is 1. The van der Waals surface area contributed by atoms with Crippen LogP contribution >= 0.6 is 0 Å². The molecule has 0 spiro atoms. The van der Waals surface area contributed by atoms with Gasteiger partial charge in [-0.25, -0.2) is 0 Å². The number of piperazine rings is 1. The minimum atomic E-state index is 0.0711. The summed E-state index contributed by atoms with van der Waals surface area (Å²) in [5.41, 5.74) is 3.69. The smallest absolute Gasteiger partial charge is 0.246 e. The van der Waals surface area contributed by atoms with E-state index in [-0.39, 0.29) is 11.8 Å². The van der Waals surface area contributed by atoms with Crippen LogP contribution in [-0.2, 0) is 9.59 Å². The van der Waals surface area contributed by atoms with Gasteiger partial charge in [0.05, 0.1) is 6.54 Å². The van der Waals surface area contributed by atoms with Gasteiger partial charge in [-0.15, -0.1) is 0 Å². The van der Waals surface area contributed by atoms with Crippen LogP contribution in [0.1, 0.15) is 48.7 Å². The minimum Gasteiger partial charge on any atom is -0.346 e. The van der Waals surface area contributed by atoms with Crippen molar-refractivity contribution in [1.29, 1.82) is 0 Å². The lowest BCUT2D eigenvalue weighted by atomic mass is 10.2. The molecule has 1 aromatic rings. The second kappa shape index (κ2) is 8.11. The Labute approximate surface area is 167 Å². The molecule has 3 heterocycles. The molecule has 28 heavy (non-hydrogen) atoms. The summed E-state index contributed by atoms with van der Waals surface area (Å²) in [7, 11) is 0. The summed E-state index contributed by atoms with van der Waals surface area (Å²) in [6.45, 7) is 9.52. The second-order valence-electron chi connectivity index (χ2n) is 8.45. The van der Waals surface area contributed by atoms with Gasteiger partial charge >= 0.3 is 0 Å². The molecule has 0 radical (unpaired) electrons. The van der Waals surface area contributed by atoms with Gasteiger partial charge in [-0.3, -0.25) is 14.5 Å². The summed E-state index contributed by atoms with van der Waals surface area (Å²) >= 11 is 0. The van der Waals surface area contributed by atoms with Crippen LogP contribution in [0.25, 0.3) is 6.08 Å². The molecule has 152 valence electrons. The van der Waals surface area contributed by atoms with Crippen molar-refractivity contribution in [1.82, 2.24) is 19.3 Å². The Morgan fingerprint density at radius 1 is 1.00 bits per heavy atom. The van der Waals surface area contributed by atoms with Crippen molar-refractivity contribution >= 4 is 17.9 Å². The molecule has 0 aromatic carbocycles. The van der Waals surface area contributed by atoms with E-state index >= 15 is 0 Å².